The standard InChI is InChI=1S/C14H19ClN2O4S/c1-11(14(18)17-6-8-21-9-7-17)16-22(19,20)10-12-4-2-3-5-13(12)15/h2-5,11,16H,6-10H2,1H3/t11-/m1/s1. The van der Waals surface area contributed by atoms with Gasteiger partial charge in [0.2, 0.25) is 15.9 Å². The van der Waals surface area contributed by atoms with E-state index in [1.54, 1.807) is 36.1 Å². The second kappa shape index (κ2) is 7.41. The molecule has 122 valence electrons. The van der Waals surface area contributed by atoms with Gasteiger partial charge in [-0.25, -0.2) is 13.1 Å². The van der Waals surface area contributed by atoms with Gasteiger partial charge >= 0.3 is 0 Å². The van der Waals surface area contributed by atoms with Crippen LogP contribution in [0.5, 0.6) is 0 Å². The van der Waals surface area contributed by atoms with Crippen LogP contribution >= 0.6 is 11.6 Å². The molecule has 6 nitrogen and oxygen atoms in total. The Balaban J connectivity index is 1.98. The van der Waals surface area contributed by atoms with Gasteiger partial charge in [0, 0.05) is 18.1 Å². The first-order valence-electron chi connectivity index (χ1n) is 6.99. The van der Waals surface area contributed by atoms with Gasteiger partial charge in [0.25, 0.3) is 0 Å². The number of morpholine rings is 1. The van der Waals surface area contributed by atoms with Crippen LogP contribution in [-0.4, -0.2) is 51.6 Å². The fraction of sp³-hybridized carbons (Fsp3) is 0.500. The van der Waals surface area contributed by atoms with Crippen molar-refractivity contribution in [2.45, 2.75) is 18.7 Å². The first-order valence-corrected chi connectivity index (χ1v) is 9.02. The number of carbonyl (C=O) groups excluding carboxylic acids is 1. The number of amides is 1. The van der Waals surface area contributed by atoms with E-state index in [4.69, 9.17) is 16.3 Å². The van der Waals surface area contributed by atoms with Crippen molar-refractivity contribution in [3.63, 3.8) is 0 Å². The molecule has 1 saturated heterocycles. The molecule has 0 saturated carbocycles. The molecule has 1 atom stereocenters. The van der Waals surface area contributed by atoms with Gasteiger partial charge in [-0.05, 0) is 18.6 Å². The summed E-state index contributed by atoms with van der Waals surface area (Å²) in [5.74, 6) is -0.501. The number of carbonyl (C=O) groups is 1. The van der Waals surface area contributed by atoms with Crippen molar-refractivity contribution in [2.24, 2.45) is 0 Å². The highest BCUT2D eigenvalue weighted by molar-refractivity contribution is 7.88. The molecule has 0 radical (unpaired) electrons. The third kappa shape index (κ3) is 4.67. The molecule has 1 N–H and O–H groups in total. The highest BCUT2D eigenvalue weighted by Gasteiger charge is 2.26. The Hall–Kier alpha value is -1.15. The second-order valence-electron chi connectivity index (χ2n) is 5.13. The van der Waals surface area contributed by atoms with Crippen LogP contribution in [0, 0.1) is 0 Å². The zero-order valence-corrected chi connectivity index (χ0v) is 13.9. The summed E-state index contributed by atoms with van der Waals surface area (Å²) in [6.45, 7) is 3.46. The highest BCUT2D eigenvalue weighted by atomic mass is 35.5. The monoisotopic (exact) mass is 346 g/mol. The van der Waals surface area contributed by atoms with E-state index in [1.807, 2.05) is 0 Å². The molecule has 0 aromatic heterocycles. The molecular formula is C14H19ClN2O4S. The van der Waals surface area contributed by atoms with Crippen LogP contribution in [-0.2, 0) is 25.3 Å². The second-order valence-corrected chi connectivity index (χ2v) is 7.29. The lowest BCUT2D eigenvalue weighted by Gasteiger charge is -2.29. The molecule has 8 heteroatoms. The number of hydrogen-bond acceptors (Lipinski definition) is 4. The molecular weight excluding hydrogens is 328 g/mol. The van der Waals surface area contributed by atoms with Crippen LogP contribution in [0.15, 0.2) is 24.3 Å². The van der Waals surface area contributed by atoms with E-state index in [1.165, 1.54) is 0 Å². The van der Waals surface area contributed by atoms with Crippen LogP contribution in [0.4, 0.5) is 0 Å². The number of sulfonamides is 1. The summed E-state index contributed by atoms with van der Waals surface area (Å²) in [4.78, 5) is 13.8. The van der Waals surface area contributed by atoms with Crippen LogP contribution in [0.25, 0.3) is 0 Å². The lowest BCUT2D eigenvalue weighted by molar-refractivity contribution is -0.136. The summed E-state index contributed by atoms with van der Waals surface area (Å²) in [7, 11) is -3.65. The summed E-state index contributed by atoms with van der Waals surface area (Å²) < 4.78 is 32.0. The molecule has 0 aliphatic carbocycles. The van der Waals surface area contributed by atoms with E-state index in [0.29, 0.717) is 36.9 Å². The topological polar surface area (TPSA) is 75.7 Å². The molecule has 0 spiro atoms. The summed E-state index contributed by atoms with van der Waals surface area (Å²) in [6, 6.07) is 5.92. The normalized spacial score (nSPS) is 17.3. The van der Waals surface area contributed by atoms with Gasteiger partial charge in [0.1, 0.15) is 0 Å². The Morgan fingerprint density at radius 3 is 2.64 bits per heavy atom. The molecule has 1 aromatic carbocycles. The average molecular weight is 347 g/mol. The Morgan fingerprint density at radius 1 is 1.36 bits per heavy atom. The molecule has 0 unspecified atom stereocenters. The predicted molar refractivity (Wildman–Crippen MR) is 84.1 cm³/mol. The Kier molecular flexibility index (Phi) is 5.80. The lowest BCUT2D eigenvalue weighted by Crippen LogP contribution is -2.50. The summed E-state index contributed by atoms with van der Waals surface area (Å²) in [5, 5.41) is 0.389. The maximum absolute atomic E-state index is 12.2. The fourth-order valence-corrected chi connectivity index (χ4v) is 3.90. The van der Waals surface area contributed by atoms with Gasteiger partial charge < -0.3 is 9.64 Å². The molecule has 1 aliphatic heterocycles. The van der Waals surface area contributed by atoms with Crippen molar-refractivity contribution < 1.29 is 17.9 Å². The van der Waals surface area contributed by atoms with Gasteiger partial charge in [-0.3, -0.25) is 4.79 Å². The Bertz CT molecular complexity index is 629. The van der Waals surface area contributed by atoms with Gasteiger partial charge in [0.15, 0.2) is 0 Å². The zero-order chi connectivity index (χ0) is 16.2. The summed E-state index contributed by atoms with van der Waals surface area (Å²) in [5.41, 5.74) is 0.502. The molecule has 1 aliphatic rings. The van der Waals surface area contributed by atoms with Crippen molar-refractivity contribution in [3.05, 3.63) is 34.9 Å². The Labute approximate surface area is 135 Å². The lowest BCUT2D eigenvalue weighted by atomic mass is 10.2. The minimum Gasteiger partial charge on any atom is -0.378 e. The molecule has 1 fully saturated rings. The number of nitrogens with zero attached hydrogens (tertiary/aromatic N) is 1. The van der Waals surface area contributed by atoms with Crippen molar-refractivity contribution in [1.82, 2.24) is 9.62 Å². The van der Waals surface area contributed by atoms with Crippen LogP contribution in [0.1, 0.15) is 12.5 Å². The maximum Gasteiger partial charge on any atom is 0.240 e. The number of halogens is 1. The first kappa shape index (κ1) is 17.2. The van der Waals surface area contributed by atoms with E-state index in [2.05, 4.69) is 4.72 Å². The van der Waals surface area contributed by atoms with E-state index < -0.39 is 16.1 Å². The van der Waals surface area contributed by atoms with E-state index >= 15 is 0 Å². The van der Waals surface area contributed by atoms with Crippen LogP contribution < -0.4 is 4.72 Å². The molecule has 1 amide bonds. The SMILES string of the molecule is C[C@@H](NS(=O)(=O)Cc1ccccc1Cl)C(=O)N1CCOCC1. The number of ether oxygens (including phenoxy) is 1. The molecule has 1 heterocycles. The quantitative estimate of drug-likeness (QED) is 0.863. The number of rotatable bonds is 5. The van der Waals surface area contributed by atoms with Gasteiger partial charge in [0.05, 0.1) is 25.0 Å². The number of nitrogens with one attached hydrogen (secondary N) is 1. The first-order chi connectivity index (χ1) is 10.4. The largest absolute Gasteiger partial charge is 0.378 e. The van der Waals surface area contributed by atoms with Gasteiger partial charge in [-0.1, -0.05) is 29.8 Å². The van der Waals surface area contributed by atoms with Gasteiger partial charge in [-0.15, -0.1) is 0 Å². The maximum atomic E-state index is 12.2. The fourth-order valence-electron chi connectivity index (χ4n) is 2.24. The van der Waals surface area contributed by atoms with Gasteiger partial charge in [-0.2, -0.15) is 0 Å². The molecule has 1 aromatic rings. The average Bonchev–Trinajstić information content (AvgIpc) is 2.49. The third-order valence-electron chi connectivity index (χ3n) is 3.35. The third-order valence-corrected chi connectivity index (χ3v) is 5.13. The Morgan fingerprint density at radius 2 is 2.00 bits per heavy atom. The summed E-state index contributed by atoms with van der Waals surface area (Å²) in [6.07, 6.45) is 0. The molecule has 22 heavy (non-hydrogen) atoms. The van der Waals surface area contributed by atoms with Crippen LogP contribution in [0.3, 0.4) is 0 Å². The van der Waals surface area contributed by atoms with E-state index in [0.717, 1.165) is 0 Å². The minimum absolute atomic E-state index is 0.244. The van der Waals surface area contributed by atoms with E-state index in [9.17, 15) is 13.2 Å². The highest BCUT2D eigenvalue weighted by Crippen LogP contribution is 2.17. The minimum atomic E-state index is -3.65. The zero-order valence-electron chi connectivity index (χ0n) is 12.3. The number of benzene rings is 1. The van der Waals surface area contributed by atoms with Crippen molar-refractivity contribution >= 4 is 27.5 Å². The number of hydrogen-bond donors (Lipinski definition) is 1. The van der Waals surface area contributed by atoms with Crippen molar-refractivity contribution in [3.8, 4) is 0 Å². The summed E-state index contributed by atoms with van der Waals surface area (Å²) >= 11 is 5.97. The molecule has 0 bridgehead atoms. The predicted octanol–water partition coefficient (Wildman–Crippen LogP) is 1.01. The van der Waals surface area contributed by atoms with Crippen LogP contribution in [0.2, 0.25) is 5.02 Å². The van der Waals surface area contributed by atoms with E-state index in [-0.39, 0.29) is 11.7 Å². The van der Waals surface area contributed by atoms with Crippen molar-refractivity contribution in [2.75, 3.05) is 26.3 Å². The smallest absolute Gasteiger partial charge is 0.240 e. The molecule has 2 rings (SSSR count). The van der Waals surface area contributed by atoms with Crippen molar-refractivity contribution in [1.29, 1.82) is 0 Å².